The molecule has 1 fully saturated rings. The molecule has 0 aromatic carbocycles. The van der Waals surface area contributed by atoms with Crippen molar-refractivity contribution in [1.82, 2.24) is 9.97 Å². The Morgan fingerprint density at radius 2 is 2.20 bits per heavy atom. The first-order valence-electron chi connectivity index (χ1n) is 5.38. The van der Waals surface area contributed by atoms with Gasteiger partial charge in [0, 0.05) is 31.0 Å². The fourth-order valence-electron chi connectivity index (χ4n) is 1.74. The van der Waals surface area contributed by atoms with Gasteiger partial charge >= 0.3 is 0 Å². The minimum atomic E-state index is 0.371. The first kappa shape index (κ1) is 10.4. The molecule has 4 nitrogen and oxygen atoms in total. The Morgan fingerprint density at radius 3 is 2.80 bits per heavy atom. The Balaban J connectivity index is 1.92. The molecule has 1 saturated heterocycles. The van der Waals surface area contributed by atoms with Crippen molar-refractivity contribution in [1.29, 1.82) is 0 Å². The van der Waals surface area contributed by atoms with E-state index >= 15 is 0 Å². The molecule has 1 aromatic rings. The minimum Gasteiger partial charge on any atom is -0.381 e. The zero-order valence-corrected chi connectivity index (χ0v) is 9.23. The van der Waals surface area contributed by atoms with E-state index in [9.17, 15) is 0 Å². The average molecular weight is 207 g/mol. The van der Waals surface area contributed by atoms with Crippen LogP contribution in [0, 0.1) is 12.8 Å². The molecular weight excluding hydrogens is 190 g/mol. The summed E-state index contributed by atoms with van der Waals surface area (Å²) in [5.41, 5.74) is 1.08. The van der Waals surface area contributed by atoms with Crippen molar-refractivity contribution in [2.45, 2.75) is 26.3 Å². The van der Waals surface area contributed by atoms with Crippen LogP contribution in [0.4, 0.5) is 5.95 Å². The van der Waals surface area contributed by atoms with E-state index in [4.69, 9.17) is 4.74 Å². The van der Waals surface area contributed by atoms with E-state index in [2.05, 4.69) is 22.2 Å². The smallest absolute Gasteiger partial charge is 0.222 e. The van der Waals surface area contributed by atoms with Gasteiger partial charge in [-0.05, 0) is 25.8 Å². The van der Waals surface area contributed by atoms with Crippen LogP contribution in [-0.4, -0.2) is 29.2 Å². The maximum atomic E-state index is 5.35. The van der Waals surface area contributed by atoms with Gasteiger partial charge in [-0.1, -0.05) is 0 Å². The van der Waals surface area contributed by atoms with Crippen LogP contribution in [-0.2, 0) is 4.74 Å². The molecule has 1 aliphatic rings. The van der Waals surface area contributed by atoms with E-state index in [0.717, 1.165) is 25.2 Å². The number of nitrogens with one attached hydrogen (secondary N) is 1. The molecule has 2 heterocycles. The number of hydrogen-bond acceptors (Lipinski definition) is 4. The van der Waals surface area contributed by atoms with Gasteiger partial charge in [-0.15, -0.1) is 0 Å². The average Bonchev–Trinajstić information content (AvgIpc) is 2.74. The maximum absolute atomic E-state index is 5.35. The van der Waals surface area contributed by atoms with E-state index in [1.54, 1.807) is 0 Å². The third-order valence-electron chi connectivity index (χ3n) is 2.81. The molecule has 15 heavy (non-hydrogen) atoms. The van der Waals surface area contributed by atoms with Crippen molar-refractivity contribution in [2.24, 2.45) is 5.92 Å². The van der Waals surface area contributed by atoms with Crippen LogP contribution < -0.4 is 5.32 Å². The van der Waals surface area contributed by atoms with Crippen molar-refractivity contribution in [3.8, 4) is 0 Å². The molecule has 0 spiro atoms. The Bertz CT molecular complexity index is 306. The molecule has 4 heteroatoms. The number of rotatable bonds is 3. The molecule has 0 saturated carbocycles. The lowest BCUT2D eigenvalue weighted by atomic mass is 10.0. The highest BCUT2D eigenvalue weighted by Crippen LogP contribution is 2.18. The summed E-state index contributed by atoms with van der Waals surface area (Å²) in [5.74, 6) is 1.29. The number of ether oxygens (including phenoxy) is 1. The third-order valence-corrected chi connectivity index (χ3v) is 2.81. The van der Waals surface area contributed by atoms with Crippen molar-refractivity contribution >= 4 is 5.95 Å². The Morgan fingerprint density at radius 1 is 1.47 bits per heavy atom. The van der Waals surface area contributed by atoms with Crippen LogP contribution in [0.25, 0.3) is 0 Å². The van der Waals surface area contributed by atoms with Gasteiger partial charge in [0.15, 0.2) is 0 Å². The van der Waals surface area contributed by atoms with Gasteiger partial charge < -0.3 is 10.1 Å². The lowest BCUT2D eigenvalue weighted by molar-refractivity contribution is 0.183. The standard InChI is InChI=1S/C11H17N3O/c1-8-5-12-11(13-6-8)14-9(2)10-3-4-15-7-10/h5-6,9-10H,3-4,7H2,1-2H3,(H,12,13,14). The van der Waals surface area contributed by atoms with Crippen molar-refractivity contribution in [3.63, 3.8) is 0 Å². The summed E-state index contributed by atoms with van der Waals surface area (Å²) in [5, 5.41) is 3.31. The summed E-state index contributed by atoms with van der Waals surface area (Å²) in [6.07, 6.45) is 4.78. The van der Waals surface area contributed by atoms with Crippen molar-refractivity contribution < 1.29 is 4.74 Å². The quantitative estimate of drug-likeness (QED) is 0.818. The Kier molecular flexibility index (Phi) is 3.16. The van der Waals surface area contributed by atoms with Gasteiger partial charge in [0.1, 0.15) is 0 Å². The van der Waals surface area contributed by atoms with Gasteiger partial charge in [-0.3, -0.25) is 0 Å². The predicted octanol–water partition coefficient (Wildman–Crippen LogP) is 1.62. The first-order valence-corrected chi connectivity index (χ1v) is 5.38. The van der Waals surface area contributed by atoms with Crippen LogP contribution in [0.1, 0.15) is 18.9 Å². The second kappa shape index (κ2) is 4.57. The lowest BCUT2D eigenvalue weighted by Crippen LogP contribution is -2.27. The van der Waals surface area contributed by atoms with E-state index in [1.807, 2.05) is 19.3 Å². The summed E-state index contributed by atoms with van der Waals surface area (Å²) in [4.78, 5) is 8.45. The van der Waals surface area contributed by atoms with Crippen LogP contribution in [0.3, 0.4) is 0 Å². The molecule has 82 valence electrons. The Labute approximate surface area is 90.1 Å². The van der Waals surface area contributed by atoms with Crippen LogP contribution in [0.2, 0.25) is 0 Å². The third kappa shape index (κ3) is 2.65. The number of aromatic nitrogens is 2. The number of aryl methyl sites for hydroxylation is 1. The largest absolute Gasteiger partial charge is 0.381 e. The molecule has 1 N–H and O–H groups in total. The molecular formula is C11H17N3O. The molecule has 0 aliphatic carbocycles. The molecule has 2 unspecified atom stereocenters. The zero-order valence-electron chi connectivity index (χ0n) is 9.23. The van der Waals surface area contributed by atoms with Crippen molar-refractivity contribution in [3.05, 3.63) is 18.0 Å². The van der Waals surface area contributed by atoms with Crippen LogP contribution in [0.5, 0.6) is 0 Å². The number of nitrogens with zero attached hydrogens (tertiary/aromatic N) is 2. The summed E-state index contributed by atoms with van der Waals surface area (Å²) in [7, 11) is 0. The van der Waals surface area contributed by atoms with E-state index < -0.39 is 0 Å². The molecule has 2 atom stereocenters. The second-order valence-corrected chi connectivity index (χ2v) is 4.14. The van der Waals surface area contributed by atoms with E-state index in [-0.39, 0.29) is 0 Å². The number of hydrogen-bond donors (Lipinski definition) is 1. The predicted molar refractivity (Wildman–Crippen MR) is 58.8 cm³/mol. The minimum absolute atomic E-state index is 0.371. The second-order valence-electron chi connectivity index (χ2n) is 4.14. The van der Waals surface area contributed by atoms with E-state index in [1.165, 1.54) is 0 Å². The molecule has 1 aliphatic heterocycles. The molecule has 2 rings (SSSR count). The van der Waals surface area contributed by atoms with Gasteiger partial charge in [-0.25, -0.2) is 9.97 Å². The summed E-state index contributed by atoms with van der Waals surface area (Å²) in [6.45, 7) is 5.87. The van der Waals surface area contributed by atoms with Crippen LogP contribution in [0.15, 0.2) is 12.4 Å². The van der Waals surface area contributed by atoms with Crippen molar-refractivity contribution in [2.75, 3.05) is 18.5 Å². The molecule has 0 bridgehead atoms. The first-order chi connectivity index (χ1) is 7.25. The summed E-state index contributed by atoms with van der Waals surface area (Å²) < 4.78 is 5.35. The van der Waals surface area contributed by atoms with Gasteiger partial charge in [-0.2, -0.15) is 0 Å². The lowest BCUT2D eigenvalue weighted by Gasteiger charge is -2.18. The van der Waals surface area contributed by atoms with Gasteiger partial charge in [0.2, 0.25) is 5.95 Å². The Hall–Kier alpha value is -1.16. The highest BCUT2D eigenvalue weighted by molar-refractivity contribution is 5.26. The summed E-state index contributed by atoms with van der Waals surface area (Å²) in [6, 6.07) is 0.371. The van der Waals surface area contributed by atoms with Gasteiger partial charge in [0.25, 0.3) is 0 Å². The number of anilines is 1. The monoisotopic (exact) mass is 207 g/mol. The van der Waals surface area contributed by atoms with Crippen LogP contribution >= 0.6 is 0 Å². The molecule has 0 amide bonds. The molecule has 0 radical (unpaired) electrons. The topological polar surface area (TPSA) is 47.0 Å². The van der Waals surface area contributed by atoms with Gasteiger partial charge in [0.05, 0.1) is 6.61 Å². The SMILES string of the molecule is Cc1cnc(NC(C)C2CCOC2)nc1. The molecule has 1 aromatic heterocycles. The highest BCUT2D eigenvalue weighted by atomic mass is 16.5. The normalized spacial score (nSPS) is 22.7. The summed E-state index contributed by atoms with van der Waals surface area (Å²) >= 11 is 0. The zero-order chi connectivity index (χ0) is 10.7. The maximum Gasteiger partial charge on any atom is 0.222 e. The van der Waals surface area contributed by atoms with E-state index in [0.29, 0.717) is 17.9 Å². The fraction of sp³-hybridized carbons (Fsp3) is 0.636. The fourth-order valence-corrected chi connectivity index (χ4v) is 1.74. The highest BCUT2D eigenvalue weighted by Gasteiger charge is 2.22.